The number of carbonyl (C=O) groups excluding carboxylic acids is 1. The van der Waals surface area contributed by atoms with Crippen LogP contribution in [0.4, 0.5) is 0 Å². The van der Waals surface area contributed by atoms with E-state index in [1.165, 1.54) is 0 Å². The molecule has 0 atom stereocenters. The van der Waals surface area contributed by atoms with E-state index in [9.17, 15) is 4.79 Å². The first-order valence-electron chi connectivity index (χ1n) is 5.16. The number of carbonyl (C=O) groups is 1. The van der Waals surface area contributed by atoms with Crippen molar-refractivity contribution in [3.05, 3.63) is 36.2 Å². The highest BCUT2D eigenvalue weighted by molar-refractivity contribution is 5.76. The first-order chi connectivity index (χ1) is 7.79. The number of pyridine rings is 2. The maximum atomic E-state index is 11.3. The lowest BCUT2D eigenvalue weighted by atomic mass is 10.2. The van der Waals surface area contributed by atoms with E-state index in [-0.39, 0.29) is 12.4 Å². The molecule has 0 unspecified atom stereocenters. The van der Waals surface area contributed by atoms with Gasteiger partial charge in [0.25, 0.3) is 0 Å². The minimum absolute atomic E-state index is 0.207. The fourth-order valence-electron chi connectivity index (χ4n) is 1.46. The molecule has 2 aromatic rings. The Bertz CT molecular complexity index is 511. The summed E-state index contributed by atoms with van der Waals surface area (Å²) in [5, 5.41) is 0. The van der Waals surface area contributed by atoms with Crippen LogP contribution in [0.2, 0.25) is 0 Å². The van der Waals surface area contributed by atoms with Gasteiger partial charge < -0.3 is 4.74 Å². The van der Waals surface area contributed by atoms with Crippen LogP contribution in [0, 0.1) is 0 Å². The molecule has 4 nitrogen and oxygen atoms in total. The summed E-state index contributed by atoms with van der Waals surface area (Å²) in [6.45, 7) is 2.18. The second kappa shape index (κ2) is 4.70. The SMILES string of the molecule is CCOC(=O)Cc1ccc2ncccc2n1. The molecule has 2 rings (SSSR count). The van der Waals surface area contributed by atoms with Gasteiger partial charge in [-0.3, -0.25) is 14.8 Å². The average Bonchev–Trinajstić information content (AvgIpc) is 2.29. The molecule has 0 aliphatic heterocycles. The van der Waals surface area contributed by atoms with Gasteiger partial charge in [0, 0.05) is 6.20 Å². The Morgan fingerprint density at radius 1 is 1.31 bits per heavy atom. The lowest BCUT2D eigenvalue weighted by molar-refractivity contribution is -0.142. The summed E-state index contributed by atoms with van der Waals surface area (Å²) >= 11 is 0. The number of fused-ring (bicyclic) bond motifs is 1. The molecule has 0 aromatic carbocycles. The largest absolute Gasteiger partial charge is 0.466 e. The van der Waals surface area contributed by atoms with Crippen LogP contribution in [0.15, 0.2) is 30.5 Å². The zero-order valence-corrected chi connectivity index (χ0v) is 9.01. The molecular formula is C12H12N2O2. The van der Waals surface area contributed by atoms with Gasteiger partial charge in [-0.05, 0) is 31.2 Å². The van der Waals surface area contributed by atoms with Crippen molar-refractivity contribution in [3.63, 3.8) is 0 Å². The highest BCUT2D eigenvalue weighted by atomic mass is 16.5. The molecule has 0 amide bonds. The van der Waals surface area contributed by atoms with E-state index in [0.717, 1.165) is 11.0 Å². The normalized spacial score (nSPS) is 10.3. The van der Waals surface area contributed by atoms with Crippen LogP contribution in [-0.4, -0.2) is 22.5 Å². The minimum Gasteiger partial charge on any atom is -0.466 e. The summed E-state index contributed by atoms with van der Waals surface area (Å²) in [7, 11) is 0. The Labute approximate surface area is 93.3 Å². The van der Waals surface area contributed by atoms with Crippen LogP contribution in [-0.2, 0) is 16.0 Å². The summed E-state index contributed by atoms with van der Waals surface area (Å²) in [4.78, 5) is 19.8. The summed E-state index contributed by atoms with van der Waals surface area (Å²) < 4.78 is 4.86. The van der Waals surface area contributed by atoms with Gasteiger partial charge in [-0.2, -0.15) is 0 Å². The molecule has 0 saturated carbocycles. The fraction of sp³-hybridized carbons (Fsp3) is 0.250. The van der Waals surface area contributed by atoms with Crippen LogP contribution < -0.4 is 0 Å². The van der Waals surface area contributed by atoms with Crippen molar-refractivity contribution in [2.24, 2.45) is 0 Å². The monoisotopic (exact) mass is 216 g/mol. The standard InChI is InChI=1S/C12H12N2O2/c1-2-16-12(15)8-9-5-6-10-11(14-9)4-3-7-13-10/h3-7H,2,8H2,1H3. The van der Waals surface area contributed by atoms with Gasteiger partial charge in [-0.1, -0.05) is 0 Å². The molecule has 0 N–H and O–H groups in total. The summed E-state index contributed by atoms with van der Waals surface area (Å²) in [5.41, 5.74) is 2.33. The molecule has 0 aliphatic rings. The lowest BCUT2D eigenvalue weighted by Gasteiger charge is -2.02. The van der Waals surface area contributed by atoms with Gasteiger partial charge >= 0.3 is 5.97 Å². The molecule has 0 bridgehead atoms. The van der Waals surface area contributed by atoms with Gasteiger partial charge in [0.05, 0.1) is 29.8 Å². The molecule has 16 heavy (non-hydrogen) atoms. The van der Waals surface area contributed by atoms with Crippen molar-refractivity contribution in [3.8, 4) is 0 Å². The molecule has 0 spiro atoms. The number of rotatable bonds is 3. The predicted molar refractivity (Wildman–Crippen MR) is 59.9 cm³/mol. The van der Waals surface area contributed by atoms with Crippen molar-refractivity contribution in [2.45, 2.75) is 13.3 Å². The van der Waals surface area contributed by atoms with Crippen LogP contribution >= 0.6 is 0 Å². The predicted octanol–water partition coefficient (Wildman–Crippen LogP) is 1.74. The molecule has 2 heterocycles. The Morgan fingerprint density at radius 2 is 2.19 bits per heavy atom. The number of hydrogen-bond donors (Lipinski definition) is 0. The van der Waals surface area contributed by atoms with Gasteiger partial charge in [-0.25, -0.2) is 0 Å². The van der Waals surface area contributed by atoms with E-state index in [0.29, 0.717) is 12.3 Å². The van der Waals surface area contributed by atoms with Crippen LogP contribution in [0.5, 0.6) is 0 Å². The third-order valence-corrected chi connectivity index (χ3v) is 2.14. The quantitative estimate of drug-likeness (QED) is 0.733. The van der Waals surface area contributed by atoms with E-state index in [4.69, 9.17) is 4.74 Å². The van der Waals surface area contributed by atoms with Crippen molar-refractivity contribution in [2.75, 3.05) is 6.61 Å². The zero-order valence-electron chi connectivity index (χ0n) is 9.01. The third-order valence-electron chi connectivity index (χ3n) is 2.14. The summed E-state index contributed by atoms with van der Waals surface area (Å²) in [5.74, 6) is -0.252. The first kappa shape index (κ1) is 10.5. The van der Waals surface area contributed by atoms with Gasteiger partial charge in [0.15, 0.2) is 0 Å². The van der Waals surface area contributed by atoms with Crippen LogP contribution in [0.1, 0.15) is 12.6 Å². The third kappa shape index (κ3) is 2.34. The highest BCUT2D eigenvalue weighted by Gasteiger charge is 2.05. The van der Waals surface area contributed by atoms with Gasteiger partial charge in [0.2, 0.25) is 0 Å². The molecule has 0 aliphatic carbocycles. The number of esters is 1. The fourth-order valence-corrected chi connectivity index (χ4v) is 1.46. The number of ether oxygens (including phenoxy) is 1. The Balaban J connectivity index is 2.22. The Hall–Kier alpha value is -1.97. The maximum Gasteiger partial charge on any atom is 0.311 e. The average molecular weight is 216 g/mol. The molecule has 82 valence electrons. The molecular weight excluding hydrogens is 204 g/mol. The van der Waals surface area contributed by atoms with Crippen LogP contribution in [0.3, 0.4) is 0 Å². The van der Waals surface area contributed by atoms with Crippen molar-refractivity contribution in [1.82, 2.24) is 9.97 Å². The molecule has 0 radical (unpaired) electrons. The van der Waals surface area contributed by atoms with E-state index in [1.807, 2.05) is 18.2 Å². The number of aromatic nitrogens is 2. The van der Waals surface area contributed by atoms with Crippen LogP contribution in [0.25, 0.3) is 11.0 Å². The van der Waals surface area contributed by atoms with E-state index in [2.05, 4.69) is 9.97 Å². The smallest absolute Gasteiger partial charge is 0.311 e. The topological polar surface area (TPSA) is 52.1 Å². The molecule has 0 saturated heterocycles. The number of nitrogens with zero attached hydrogens (tertiary/aromatic N) is 2. The van der Waals surface area contributed by atoms with E-state index in [1.54, 1.807) is 19.2 Å². The molecule has 0 fully saturated rings. The van der Waals surface area contributed by atoms with E-state index >= 15 is 0 Å². The zero-order chi connectivity index (χ0) is 11.4. The minimum atomic E-state index is -0.252. The molecule has 4 heteroatoms. The van der Waals surface area contributed by atoms with Crippen molar-refractivity contribution >= 4 is 17.0 Å². The van der Waals surface area contributed by atoms with Crippen molar-refractivity contribution in [1.29, 1.82) is 0 Å². The van der Waals surface area contributed by atoms with Gasteiger partial charge in [0.1, 0.15) is 0 Å². The number of hydrogen-bond acceptors (Lipinski definition) is 4. The van der Waals surface area contributed by atoms with Crippen molar-refractivity contribution < 1.29 is 9.53 Å². The second-order valence-electron chi connectivity index (χ2n) is 3.33. The Morgan fingerprint density at radius 3 is 3.00 bits per heavy atom. The Kier molecular flexibility index (Phi) is 3.10. The summed E-state index contributed by atoms with van der Waals surface area (Å²) in [6.07, 6.45) is 1.92. The summed E-state index contributed by atoms with van der Waals surface area (Å²) in [6, 6.07) is 7.35. The lowest BCUT2D eigenvalue weighted by Crippen LogP contribution is -2.08. The second-order valence-corrected chi connectivity index (χ2v) is 3.33. The van der Waals surface area contributed by atoms with Gasteiger partial charge in [-0.15, -0.1) is 0 Å². The van der Waals surface area contributed by atoms with E-state index < -0.39 is 0 Å². The first-order valence-corrected chi connectivity index (χ1v) is 5.16. The molecule has 2 aromatic heterocycles. The maximum absolute atomic E-state index is 11.3. The highest BCUT2D eigenvalue weighted by Crippen LogP contribution is 2.09.